The van der Waals surface area contributed by atoms with Crippen LogP contribution in [0, 0.1) is 6.92 Å². The van der Waals surface area contributed by atoms with Crippen LogP contribution in [0.5, 0.6) is 0 Å². The minimum atomic E-state index is 0.531. The number of aromatic amines is 1. The molecule has 1 aliphatic rings. The Labute approximate surface area is 104 Å². The number of H-pyrrole nitrogens is 1. The molecule has 1 saturated heterocycles. The highest BCUT2D eigenvalue weighted by Crippen LogP contribution is 2.35. The zero-order chi connectivity index (χ0) is 11.1. The molecule has 84 valence electrons. The second-order valence-corrected chi connectivity index (χ2v) is 5.33. The Kier molecular flexibility index (Phi) is 2.52. The Hall–Kier alpha value is -0.800. The Morgan fingerprint density at radius 3 is 3.00 bits per heavy atom. The van der Waals surface area contributed by atoms with Crippen molar-refractivity contribution in [2.45, 2.75) is 25.8 Å². The summed E-state index contributed by atoms with van der Waals surface area (Å²) in [6, 6.07) is 6.93. The average molecular weight is 279 g/mol. The predicted octanol–water partition coefficient (Wildman–Crippen LogP) is 3.66. The number of rotatable bonds is 1. The molecule has 0 saturated carbocycles. The molecule has 0 spiro atoms. The van der Waals surface area contributed by atoms with E-state index in [1.165, 1.54) is 35.0 Å². The number of para-hydroxylation sites is 1. The maximum atomic E-state index is 3.60. The van der Waals surface area contributed by atoms with Gasteiger partial charge in [-0.2, -0.15) is 0 Å². The Morgan fingerprint density at radius 1 is 1.38 bits per heavy atom. The largest absolute Gasteiger partial charge is 0.357 e. The van der Waals surface area contributed by atoms with E-state index in [1.54, 1.807) is 0 Å². The molecule has 3 heteroatoms. The number of hydrogen-bond donors (Lipinski definition) is 2. The molecular weight excluding hydrogens is 264 g/mol. The van der Waals surface area contributed by atoms with Crippen molar-refractivity contribution in [1.82, 2.24) is 10.3 Å². The van der Waals surface area contributed by atoms with Crippen LogP contribution in [0.2, 0.25) is 0 Å². The smallest absolute Gasteiger partial charge is 0.0603 e. The highest BCUT2D eigenvalue weighted by atomic mass is 79.9. The summed E-state index contributed by atoms with van der Waals surface area (Å²) in [5, 5.41) is 4.93. The van der Waals surface area contributed by atoms with Crippen molar-refractivity contribution >= 4 is 26.8 Å². The van der Waals surface area contributed by atoms with E-state index in [-0.39, 0.29) is 0 Å². The van der Waals surface area contributed by atoms with Gasteiger partial charge in [0.15, 0.2) is 0 Å². The molecule has 0 aliphatic carbocycles. The number of nitrogens with one attached hydrogen (secondary N) is 2. The summed E-state index contributed by atoms with van der Waals surface area (Å²) in [5.74, 6) is 0. The molecule has 1 unspecified atom stereocenters. The van der Waals surface area contributed by atoms with Gasteiger partial charge in [0, 0.05) is 21.6 Å². The molecule has 1 atom stereocenters. The molecule has 1 aliphatic heterocycles. The predicted molar refractivity (Wildman–Crippen MR) is 70.7 cm³/mol. The summed E-state index contributed by atoms with van der Waals surface area (Å²) in [4.78, 5) is 3.49. The normalized spacial score (nSPS) is 20.8. The van der Waals surface area contributed by atoms with Gasteiger partial charge in [-0.05, 0) is 53.9 Å². The molecule has 0 radical (unpaired) electrons. The number of hydrogen-bond acceptors (Lipinski definition) is 1. The number of benzene rings is 1. The van der Waals surface area contributed by atoms with Gasteiger partial charge in [-0.3, -0.25) is 0 Å². The van der Waals surface area contributed by atoms with E-state index in [2.05, 4.69) is 51.4 Å². The van der Waals surface area contributed by atoms with E-state index in [0.717, 1.165) is 11.0 Å². The SMILES string of the molecule is Cc1[nH]c2c(Br)cccc2c1C1CCCN1. The molecule has 2 aromatic rings. The molecule has 2 nitrogen and oxygen atoms in total. The summed E-state index contributed by atoms with van der Waals surface area (Å²) in [7, 11) is 0. The van der Waals surface area contributed by atoms with Crippen LogP contribution in [0.4, 0.5) is 0 Å². The van der Waals surface area contributed by atoms with Gasteiger partial charge in [0.2, 0.25) is 0 Å². The first-order valence-corrected chi connectivity index (χ1v) is 6.57. The fourth-order valence-electron chi connectivity index (χ4n) is 2.71. The van der Waals surface area contributed by atoms with Crippen LogP contribution in [-0.2, 0) is 0 Å². The second kappa shape index (κ2) is 3.90. The lowest BCUT2D eigenvalue weighted by Gasteiger charge is -2.10. The quantitative estimate of drug-likeness (QED) is 0.819. The third-order valence-electron chi connectivity index (χ3n) is 3.43. The topological polar surface area (TPSA) is 27.8 Å². The van der Waals surface area contributed by atoms with E-state index in [4.69, 9.17) is 0 Å². The number of halogens is 1. The van der Waals surface area contributed by atoms with Gasteiger partial charge in [0.1, 0.15) is 0 Å². The summed E-state index contributed by atoms with van der Waals surface area (Å²) >= 11 is 3.60. The van der Waals surface area contributed by atoms with Crippen LogP contribution in [0.15, 0.2) is 22.7 Å². The molecule has 1 aromatic carbocycles. The van der Waals surface area contributed by atoms with Crippen molar-refractivity contribution in [3.8, 4) is 0 Å². The molecule has 1 aromatic heterocycles. The third kappa shape index (κ3) is 1.50. The van der Waals surface area contributed by atoms with Gasteiger partial charge in [0.05, 0.1) is 5.52 Å². The molecular formula is C13H15BrN2. The van der Waals surface area contributed by atoms with Crippen LogP contribution < -0.4 is 5.32 Å². The lowest BCUT2D eigenvalue weighted by atomic mass is 10.0. The maximum Gasteiger partial charge on any atom is 0.0603 e. The van der Waals surface area contributed by atoms with E-state index in [0.29, 0.717) is 6.04 Å². The molecule has 3 rings (SSSR count). The van der Waals surface area contributed by atoms with Crippen molar-refractivity contribution in [3.63, 3.8) is 0 Å². The summed E-state index contributed by atoms with van der Waals surface area (Å²) in [6.07, 6.45) is 2.53. The van der Waals surface area contributed by atoms with Crippen molar-refractivity contribution in [2.75, 3.05) is 6.54 Å². The third-order valence-corrected chi connectivity index (χ3v) is 4.09. The van der Waals surface area contributed by atoms with Crippen molar-refractivity contribution in [1.29, 1.82) is 0 Å². The van der Waals surface area contributed by atoms with Gasteiger partial charge in [-0.1, -0.05) is 12.1 Å². The zero-order valence-corrected chi connectivity index (χ0v) is 10.9. The molecule has 1 fully saturated rings. The second-order valence-electron chi connectivity index (χ2n) is 4.48. The van der Waals surface area contributed by atoms with Crippen LogP contribution in [-0.4, -0.2) is 11.5 Å². The monoisotopic (exact) mass is 278 g/mol. The van der Waals surface area contributed by atoms with Gasteiger partial charge in [-0.15, -0.1) is 0 Å². The van der Waals surface area contributed by atoms with E-state index < -0.39 is 0 Å². The van der Waals surface area contributed by atoms with Gasteiger partial charge in [-0.25, -0.2) is 0 Å². The molecule has 2 N–H and O–H groups in total. The fraction of sp³-hybridized carbons (Fsp3) is 0.385. The first-order valence-electron chi connectivity index (χ1n) is 5.77. The molecule has 0 bridgehead atoms. The van der Waals surface area contributed by atoms with Crippen molar-refractivity contribution in [3.05, 3.63) is 33.9 Å². The number of aryl methyl sites for hydroxylation is 1. The number of aromatic nitrogens is 1. The van der Waals surface area contributed by atoms with Crippen LogP contribution >= 0.6 is 15.9 Å². The lowest BCUT2D eigenvalue weighted by molar-refractivity contribution is 0.648. The Balaban J connectivity index is 2.22. The zero-order valence-electron chi connectivity index (χ0n) is 9.31. The van der Waals surface area contributed by atoms with E-state index in [9.17, 15) is 0 Å². The van der Waals surface area contributed by atoms with Crippen LogP contribution in [0.1, 0.15) is 30.1 Å². The Bertz CT molecular complexity index is 524. The first-order chi connectivity index (χ1) is 7.77. The van der Waals surface area contributed by atoms with Crippen LogP contribution in [0.3, 0.4) is 0 Å². The van der Waals surface area contributed by atoms with E-state index >= 15 is 0 Å². The average Bonchev–Trinajstić information content (AvgIpc) is 2.85. The highest BCUT2D eigenvalue weighted by Gasteiger charge is 2.22. The fourth-order valence-corrected chi connectivity index (χ4v) is 3.18. The Morgan fingerprint density at radius 2 is 2.25 bits per heavy atom. The van der Waals surface area contributed by atoms with Crippen LogP contribution in [0.25, 0.3) is 10.9 Å². The summed E-state index contributed by atoms with van der Waals surface area (Å²) in [5.41, 5.74) is 3.97. The van der Waals surface area contributed by atoms with Crippen molar-refractivity contribution < 1.29 is 0 Å². The molecule has 0 amide bonds. The first kappa shape index (κ1) is 10.4. The van der Waals surface area contributed by atoms with Gasteiger partial charge in [0.25, 0.3) is 0 Å². The summed E-state index contributed by atoms with van der Waals surface area (Å²) < 4.78 is 1.15. The van der Waals surface area contributed by atoms with E-state index in [1.807, 2.05) is 0 Å². The maximum absolute atomic E-state index is 3.60. The molecule has 16 heavy (non-hydrogen) atoms. The minimum Gasteiger partial charge on any atom is -0.357 e. The standard InChI is InChI=1S/C13H15BrN2/c1-8-12(11-6-3-7-15-11)9-4-2-5-10(14)13(9)16-8/h2,4-5,11,15-16H,3,6-7H2,1H3. The van der Waals surface area contributed by atoms with Gasteiger partial charge < -0.3 is 10.3 Å². The van der Waals surface area contributed by atoms with Gasteiger partial charge >= 0.3 is 0 Å². The van der Waals surface area contributed by atoms with Crippen molar-refractivity contribution in [2.24, 2.45) is 0 Å². The summed E-state index contributed by atoms with van der Waals surface area (Å²) in [6.45, 7) is 3.31. The highest BCUT2D eigenvalue weighted by molar-refractivity contribution is 9.10. The molecule has 2 heterocycles. The minimum absolute atomic E-state index is 0.531. The lowest BCUT2D eigenvalue weighted by Crippen LogP contribution is -2.13. The number of fused-ring (bicyclic) bond motifs is 1.